The van der Waals surface area contributed by atoms with Crippen LogP contribution in [0.3, 0.4) is 0 Å². The quantitative estimate of drug-likeness (QED) is 0.836. The topological polar surface area (TPSA) is 51.4 Å². The van der Waals surface area contributed by atoms with Crippen LogP contribution in [0.25, 0.3) is 0 Å². The summed E-state index contributed by atoms with van der Waals surface area (Å²) in [6.45, 7) is 3.63. The Morgan fingerprint density at radius 2 is 2.44 bits per heavy atom. The minimum atomic E-state index is 0.0509. The Hall–Kier alpha value is -1.13. The minimum Gasteiger partial charge on any atom is -0.379 e. The van der Waals surface area contributed by atoms with Crippen LogP contribution in [0.15, 0.2) is 18.3 Å². The van der Waals surface area contributed by atoms with Crippen LogP contribution in [0.5, 0.6) is 0 Å². The second-order valence-corrected chi connectivity index (χ2v) is 4.36. The molecule has 0 radical (unpaired) electrons. The van der Waals surface area contributed by atoms with Gasteiger partial charge in [0.1, 0.15) is 5.82 Å². The first-order valence-electron chi connectivity index (χ1n) is 5.70. The van der Waals surface area contributed by atoms with Gasteiger partial charge in [0.25, 0.3) is 0 Å². The molecule has 2 N–H and O–H groups in total. The van der Waals surface area contributed by atoms with E-state index in [0.29, 0.717) is 6.04 Å². The third-order valence-corrected chi connectivity index (χ3v) is 3.11. The molecule has 2 rings (SSSR count). The number of anilines is 1. The fourth-order valence-corrected chi connectivity index (χ4v) is 1.92. The Morgan fingerprint density at radius 1 is 1.62 bits per heavy atom. The van der Waals surface area contributed by atoms with Crippen LogP contribution in [0, 0.1) is 0 Å². The zero-order valence-corrected chi connectivity index (χ0v) is 9.89. The SMILES string of the molecule is C[C@H](N)c1ccnc(N(C)C2CCOC2)c1. The van der Waals surface area contributed by atoms with Gasteiger partial charge in [0.15, 0.2) is 0 Å². The van der Waals surface area contributed by atoms with Gasteiger partial charge in [0, 0.05) is 25.9 Å². The molecule has 4 heteroatoms. The molecule has 1 aromatic rings. The Morgan fingerprint density at radius 3 is 3.06 bits per heavy atom. The summed E-state index contributed by atoms with van der Waals surface area (Å²) in [4.78, 5) is 6.56. The number of hydrogen-bond acceptors (Lipinski definition) is 4. The number of rotatable bonds is 3. The van der Waals surface area contributed by atoms with E-state index in [2.05, 4.69) is 23.0 Å². The summed E-state index contributed by atoms with van der Waals surface area (Å²) in [7, 11) is 2.06. The first-order chi connectivity index (χ1) is 7.68. The average Bonchev–Trinajstić information content (AvgIpc) is 2.81. The van der Waals surface area contributed by atoms with Gasteiger partial charge in [-0.3, -0.25) is 0 Å². The van der Waals surface area contributed by atoms with Crippen molar-refractivity contribution in [2.45, 2.75) is 25.4 Å². The third kappa shape index (κ3) is 2.33. The van der Waals surface area contributed by atoms with E-state index < -0.39 is 0 Å². The first-order valence-corrected chi connectivity index (χ1v) is 5.70. The minimum absolute atomic E-state index is 0.0509. The molecule has 2 heterocycles. The fourth-order valence-electron chi connectivity index (χ4n) is 1.92. The molecule has 1 unspecified atom stereocenters. The van der Waals surface area contributed by atoms with Crippen LogP contribution in [0.1, 0.15) is 24.9 Å². The van der Waals surface area contributed by atoms with Crippen LogP contribution in [0.4, 0.5) is 5.82 Å². The largest absolute Gasteiger partial charge is 0.379 e. The summed E-state index contributed by atoms with van der Waals surface area (Å²) in [5, 5.41) is 0. The van der Waals surface area contributed by atoms with Gasteiger partial charge in [-0.1, -0.05) is 0 Å². The van der Waals surface area contributed by atoms with Gasteiger partial charge in [0.05, 0.1) is 12.6 Å². The van der Waals surface area contributed by atoms with Crippen LogP contribution in [-0.2, 0) is 4.74 Å². The van der Waals surface area contributed by atoms with E-state index in [9.17, 15) is 0 Å². The second kappa shape index (κ2) is 4.80. The van der Waals surface area contributed by atoms with Crippen molar-refractivity contribution in [3.05, 3.63) is 23.9 Å². The van der Waals surface area contributed by atoms with E-state index in [1.165, 1.54) is 0 Å². The average molecular weight is 221 g/mol. The molecule has 0 saturated carbocycles. The molecule has 0 bridgehead atoms. The summed E-state index contributed by atoms with van der Waals surface area (Å²) < 4.78 is 5.38. The van der Waals surface area contributed by atoms with E-state index in [0.717, 1.165) is 31.0 Å². The molecule has 0 amide bonds. The smallest absolute Gasteiger partial charge is 0.128 e. The Kier molecular flexibility index (Phi) is 3.41. The number of hydrogen-bond donors (Lipinski definition) is 1. The fraction of sp³-hybridized carbons (Fsp3) is 0.583. The highest BCUT2D eigenvalue weighted by Crippen LogP contribution is 2.20. The van der Waals surface area contributed by atoms with Gasteiger partial charge < -0.3 is 15.4 Å². The highest BCUT2D eigenvalue weighted by Gasteiger charge is 2.21. The zero-order chi connectivity index (χ0) is 11.5. The molecule has 16 heavy (non-hydrogen) atoms. The zero-order valence-electron chi connectivity index (χ0n) is 9.89. The maximum Gasteiger partial charge on any atom is 0.128 e. The van der Waals surface area contributed by atoms with Crippen molar-refractivity contribution < 1.29 is 4.74 Å². The lowest BCUT2D eigenvalue weighted by Crippen LogP contribution is -2.32. The molecule has 0 spiro atoms. The normalized spacial score (nSPS) is 22.1. The lowest BCUT2D eigenvalue weighted by molar-refractivity contribution is 0.193. The molecule has 88 valence electrons. The summed E-state index contributed by atoms with van der Waals surface area (Å²) >= 11 is 0. The molecule has 1 saturated heterocycles. The molecule has 0 aliphatic carbocycles. The molecule has 0 aromatic carbocycles. The third-order valence-electron chi connectivity index (χ3n) is 3.11. The van der Waals surface area contributed by atoms with Crippen molar-refractivity contribution in [1.29, 1.82) is 0 Å². The van der Waals surface area contributed by atoms with Crippen LogP contribution >= 0.6 is 0 Å². The monoisotopic (exact) mass is 221 g/mol. The lowest BCUT2D eigenvalue weighted by Gasteiger charge is -2.24. The standard InChI is InChI=1S/C12H19N3O/c1-9(13)10-3-5-14-12(7-10)15(2)11-4-6-16-8-11/h3,5,7,9,11H,4,6,8,13H2,1-2H3/t9-,11?/m0/s1. The van der Waals surface area contributed by atoms with Crippen molar-refractivity contribution in [3.63, 3.8) is 0 Å². The van der Waals surface area contributed by atoms with Gasteiger partial charge in [-0.15, -0.1) is 0 Å². The van der Waals surface area contributed by atoms with Crippen molar-refractivity contribution in [2.24, 2.45) is 5.73 Å². The number of nitrogens with zero attached hydrogens (tertiary/aromatic N) is 2. The Labute approximate surface area is 96.4 Å². The van der Waals surface area contributed by atoms with Crippen molar-refractivity contribution in [2.75, 3.05) is 25.2 Å². The molecular weight excluding hydrogens is 202 g/mol. The molecular formula is C12H19N3O. The van der Waals surface area contributed by atoms with Gasteiger partial charge in [-0.25, -0.2) is 4.98 Å². The van der Waals surface area contributed by atoms with Crippen LogP contribution in [-0.4, -0.2) is 31.3 Å². The number of pyridine rings is 1. The Bertz CT molecular complexity index is 348. The van der Waals surface area contributed by atoms with Gasteiger partial charge in [-0.05, 0) is 31.0 Å². The number of likely N-dealkylation sites (N-methyl/N-ethyl adjacent to an activating group) is 1. The summed E-state index contributed by atoms with van der Waals surface area (Å²) in [5.41, 5.74) is 6.99. The van der Waals surface area contributed by atoms with E-state index >= 15 is 0 Å². The molecule has 4 nitrogen and oxygen atoms in total. The molecule has 2 atom stereocenters. The highest BCUT2D eigenvalue weighted by molar-refractivity contribution is 5.42. The second-order valence-electron chi connectivity index (χ2n) is 4.36. The van der Waals surface area contributed by atoms with E-state index in [1.54, 1.807) is 0 Å². The molecule has 1 fully saturated rings. The van der Waals surface area contributed by atoms with Gasteiger partial charge >= 0.3 is 0 Å². The van der Waals surface area contributed by atoms with E-state index in [1.807, 2.05) is 19.2 Å². The first kappa shape index (κ1) is 11.4. The number of nitrogens with two attached hydrogens (primary N) is 1. The maximum atomic E-state index is 5.87. The predicted octanol–water partition coefficient (Wildman–Crippen LogP) is 1.33. The van der Waals surface area contributed by atoms with E-state index in [4.69, 9.17) is 10.5 Å². The van der Waals surface area contributed by atoms with Gasteiger partial charge in [0.2, 0.25) is 0 Å². The summed E-state index contributed by atoms with van der Waals surface area (Å²) in [6.07, 6.45) is 2.89. The summed E-state index contributed by atoms with van der Waals surface area (Å²) in [5.74, 6) is 0.977. The number of ether oxygens (including phenoxy) is 1. The molecule has 1 aromatic heterocycles. The maximum absolute atomic E-state index is 5.87. The van der Waals surface area contributed by atoms with Crippen molar-refractivity contribution in [1.82, 2.24) is 4.98 Å². The van der Waals surface area contributed by atoms with Crippen molar-refractivity contribution >= 4 is 5.82 Å². The number of aromatic nitrogens is 1. The van der Waals surface area contributed by atoms with Crippen molar-refractivity contribution in [3.8, 4) is 0 Å². The summed E-state index contributed by atoms with van der Waals surface area (Å²) in [6, 6.07) is 4.52. The van der Waals surface area contributed by atoms with Crippen LogP contribution in [0.2, 0.25) is 0 Å². The predicted molar refractivity (Wildman–Crippen MR) is 64.5 cm³/mol. The highest BCUT2D eigenvalue weighted by atomic mass is 16.5. The van der Waals surface area contributed by atoms with Gasteiger partial charge in [-0.2, -0.15) is 0 Å². The molecule has 1 aliphatic heterocycles. The lowest BCUT2D eigenvalue weighted by atomic mass is 10.1. The Balaban J connectivity index is 2.15. The van der Waals surface area contributed by atoms with Crippen LogP contribution < -0.4 is 10.6 Å². The molecule has 1 aliphatic rings. The van der Waals surface area contributed by atoms with E-state index in [-0.39, 0.29) is 6.04 Å².